The van der Waals surface area contributed by atoms with Gasteiger partial charge in [-0.2, -0.15) is 0 Å². The van der Waals surface area contributed by atoms with Crippen LogP contribution in [0.4, 0.5) is 4.79 Å². The number of aromatic nitrogens is 1. The maximum absolute atomic E-state index is 12.4. The third kappa shape index (κ3) is 9.50. The van der Waals surface area contributed by atoms with Crippen molar-refractivity contribution in [3.63, 3.8) is 0 Å². The third-order valence-corrected chi connectivity index (χ3v) is 5.41. The van der Waals surface area contributed by atoms with Crippen LogP contribution >= 0.6 is 35.3 Å². The first-order valence-electron chi connectivity index (χ1n) is 10.1. The van der Waals surface area contributed by atoms with Crippen LogP contribution in [0.25, 0.3) is 0 Å². The summed E-state index contributed by atoms with van der Waals surface area (Å²) in [4.78, 5) is 24.7. The zero-order valence-electron chi connectivity index (χ0n) is 18.5. The van der Waals surface area contributed by atoms with Gasteiger partial charge in [-0.1, -0.05) is 0 Å². The molecule has 1 aromatic heterocycles. The summed E-state index contributed by atoms with van der Waals surface area (Å²) in [6, 6.07) is 0.313. The van der Waals surface area contributed by atoms with E-state index in [2.05, 4.69) is 27.5 Å². The molecule has 166 valence electrons. The summed E-state index contributed by atoms with van der Waals surface area (Å²) in [5.41, 5.74) is 0.636. The van der Waals surface area contributed by atoms with Crippen molar-refractivity contribution in [3.8, 4) is 0 Å². The Hall–Kier alpha value is -1.10. The highest BCUT2D eigenvalue weighted by molar-refractivity contribution is 14.0. The SMILES string of the molecule is CCNC(=NCCc1nc(C)c(C)s1)NCCN(C(=O)OC(C)(C)C)C1CC1.I. The zero-order valence-corrected chi connectivity index (χ0v) is 21.6. The maximum atomic E-state index is 12.4. The van der Waals surface area contributed by atoms with Gasteiger partial charge in [0.2, 0.25) is 0 Å². The van der Waals surface area contributed by atoms with E-state index in [-0.39, 0.29) is 30.1 Å². The number of amides is 1. The van der Waals surface area contributed by atoms with E-state index >= 15 is 0 Å². The van der Waals surface area contributed by atoms with E-state index in [0.29, 0.717) is 25.7 Å². The van der Waals surface area contributed by atoms with Crippen LogP contribution in [-0.2, 0) is 11.2 Å². The Kier molecular flexibility index (Phi) is 10.7. The lowest BCUT2D eigenvalue weighted by atomic mass is 10.2. The Bertz CT molecular complexity index is 663. The lowest BCUT2D eigenvalue weighted by molar-refractivity contribution is 0.0238. The molecule has 2 rings (SSSR count). The smallest absolute Gasteiger partial charge is 0.410 e. The van der Waals surface area contributed by atoms with Gasteiger partial charge >= 0.3 is 6.09 Å². The number of guanidine groups is 1. The minimum absolute atomic E-state index is 0. The number of ether oxygens (including phenoxy) is 1. The van der Waals surface area contributed by atoms with E-state index in [0.717, 1.165) is 42.5 Å². The number of hydrogen-bond acceptors (Lipinski definition) is 5. The molecule has 2 N–H and O–H groups in total. The molecule has 7 nitrogen and oxygen atoms in total. The van der Waals surface area contributed by atoms with Crippen LogP contribution in [0.3, 0.4) is 0 Å². The van der Waals surface area contributed by atoms with Gasteiger partial charge in [0.25, 0.3) is 0 Å². The maximum Gasteiger partial charge on any atom is 0.410 e. The number of carbonyl (C=O) groups is 1. The van der Waals surface area contributed by atoms with Crippen LogP contribution in [0, 0.1) is 13.8 Å². The van der Waals surface area contributed by atoms with Gasteiger partial charge < -0.3 is 20.3 Å². The molecule has 0 saturated heterocycles. The van der Waals surface area contributed by atoms with Gasteiger partial charge in [0.1, 0.15) is 5.60 Å². The topological polar surface area (TPSA) is 78.9 Å². The average Bonchev–Trinajstić information content (AvgIpc) is 3.36. The number of halogens is 1. The van der Waals surface area contributed by atoms with Gasteiger partial charge in [-0.15, -0.1) is 35.3 Å². The highest BCUT2D eigenvalue weighted by atomic mass is 127. The molecule has 0 spiro atoms. The van der Waals surface area contributed by atoms with Crippen LogP contribution < -0.4 is 10.6 Å². The molecule has 0 bridgehead atoms. The van der Waals surface area contributed by atoms with E-state index in [1.807, 2.05) is 39.5 Å². The van der Waals surface area contributed by atoms with Crippen LogP contribution in [0.2, 0.25) is 0 Å². The van der Waals surface area contributed by atoms with E-state index < -0.39 is 5.60 Å². The molecular formula is C20H36IN5O2S. The van der Waals surface area contributed by atoms with Crippen molar-refractivity contribution in [1.82, 2.24) is 20.5 Å². The molecule has 1 saturated carbocycles. The van der Waals surface area contributed by atoms with Crippen LogP contribution in [0.5, 0.6) is 0 Å². The second-order valence-corrected chi connectivity index (χ2v) is 9.38. The molecule has 9 heteroatoms. The second kappa shape index (κ2) is 11.9. The summed E-state index contributed by atoms with van der Waals surface area (Å²) in [5.74, 6) is 0.771. The molecule has 29 heavy (non-hydrogen) atoms. The van der Waals surface area contributed by atoms with Gasteiger partial charge in [-0.25, -0.2) is 9.78 Å². The lowest BCUT2D eigenvalue weighted by Crippen LogP contribution is -2.45. The minimum atomic E-state index is -0.472. The third-order valence-electron chi connectivity index (χ3n) is 4.27. The van der Waals surface area contributed by atoms with Crippen molar-refractivity contribution in [1.29, 1.82) is 0 Å². The van der Waals surface area contributed by atoms with Gasteiger partial charge in [0.05, 0.1) is 10.7 Å². The number of aliphatic imine (C=N–C) groups is 1. The number of nitrogens with one attached hydrogen (secondary N) is 2. The first-order chi connectivity index (χ1) is 13.2. The Morgan fingerprint density at radius 3 is 2.52 bits per heavy atom. The molecule has 1 amide bonds. The molecule has 0 aromatic carbocycles. The molecule has 1 heterocycles. The van der Waals surface area contributed by atoms with Gasteiger partial charge in [0, 0.05) is 43.5 Å². The Morgan fingerprint density at radius 2 is 2.00 bits per heavy atom. The van der Waals surface area contributed by atoms with E-state index in [9.17, 15) is 4.79 Å². The van der Waals surface area contributed by atoms with Crippen molar-refractivity contribution >= 4 is 47.4 Å². The Balaban J connectivity index is 0.00000420. The molecule has 1 aromatic rings. The predicted molar refractivity (Wildman–Crippen MR) is 131 cm³/mol. The number of thiazole rings is 1. The number of hydrogen-bond donors (Lipinski definition) is 2. The van der Waals surface area contributed by atoms with Crippen LogP contribution in [0.15, 0.2) is 4.99 Å². The van der Waals surface area contributed by atoms with Gasteiger partial charge in [0.15, 0.2) is 5.96 Å². The summed E-state index contributed by atoms with van der Waals surface area (Å²) < 4.78 is 5.54. The summed E-state index contributed by atoms with van der Waals surface area (Å²) >= 11 is 1.74. The molecule has 0 radical (unpaired) electrons. The standard InChI is InChI=1S/C20H35N5O2S.HI/c1-7-21-18(22-11-10-17-24-14(2)15(3)28-17)23-12-13-25(16-8-9-16)19(26)27-20(4,5)6;/h16H,7-13H2,1-6H3,(H2,21,22,23);1H. The quantitative estimate of drug-likeness (QED) is 0.299. The zero-order chi connectivity index (χ0) is 20.7. The Labute approximate surface area is 196 Å². The van der Waals surface area contributed by atoms with Crippen molar-refractivity contribution < 1.29 is 9.53 Å². The fourth-order valence-corrected chi connectivity index (χ4v) is 3.60. The van der Waals surface area contributed by atoms with Crippen LogP contribution in [-0.4, -0.2) is 59.8 Å². The predicted octanol–water partition coefficient (Wildman–Crippen LogP) is 3.88. The largest absolute Gasteiger partial charge is 0.444 e. The molecule has 0 atom stereocenters. The molecule has 1 fully saturated rings. The van der Waals surface area contributed by atoms with E-state index in [1.165, 1.54) is 4.88 Å². The number of nitrogens with zero attached hydrogens (tertiary/aromatic N) is 3. The molecule has 1 aliphatic carbocycles. The van der Waals surface area contributed by atoms with Crippen molar-refractivity contribution in [2.45, 2.75) is 72.4 Å². The fraction of sp³-hybridized carbons (Fsp3) is 0.750. The highest BCUT2D eigenvalue weighted by Crippen LogP contribution is 2.28. The van der Waals surface area contributed by atoms with Gasteiger partial charge in [-0.05, 0) is 54.4 Å². The summed E-state index contributed by atoms with van der Waals surface area (Å²) in [6.07, 6.45) is 2.72. The number of rotatable bonds is 8. The Morgan fingerprint density at radius 1 is 1.31 bits per heavy atom. The lowest BCUT2D eigenvalue weighted by Gasteiger charge is -2.27. The van der Waals surface area contributed by atoms with Crippen molar-refractivity contribution in [2.24, 2.45) is 4.99 Å². The van der Waals surface area contributed by atoms with E-state index in [4.69, 9.17) is 4.74 Å². The molecule has 0 unspecified atom stereocenters. The van der Waals surface area contributed by atoms with E-state index in [1.54, 1.807) is 11.3 Å². The molecular weight excluding hydrogens is 501 g/mol. The average molecular weight is 538 g/mol. The summed E-state index contributed by atoms with van der Waals surface area (Å²) in [6.45, 7) is 14.6. The molecule has 1 aliphatic rings. The normalized spacial score (nSPS) is 14.2. The number of carbonyl (C=O) groups excluding carboxylic acids is 1. The number of aryl methyl sites for hydroxylation is 2. The summed E-state index contributed by atoms with van der Waals surface area (Å²) in [5, 5.41) is 7.71. The monoisotopic (exact) mass is 537 g/mol. The van der Waals surface area contributed by atoms with Crippen molar-refractivity contribution in [3.05, 3.63) is 15.6 Å². The first-order valence-corrected chi connectivity index (χ1v) is 11.0. The van der Waals surface area contributed by atoms with Gasteiger partial charge in [-0.3, -0.25) is 4.99 Å². The van der Waals surface area contributed by atoms with Crippen LogP contribution in [0.1, 0.15) is 56.1 Å². The summed E-state index contributed by atoms with van der Waals surface area (Å²) in [7, 11) is 0. The minimum Gasteiger partial charge on any atom is -0.444 e. The second-order valence-electron chi connectivity index (χ2n) is 8.09. The highest BCUT2D eigenvalue weighted by Gasteiger charge is 2.34. The fourth-order valence-electron chi connectivity index (χ4n) is 2.68. The van der Waals surface area contributed by atoms with Crippen molar-refractivity contribution in [2.75, 3.05) is 26.2 Å². The molecule has 0 aliphatic heterocycles. The first kappa shape index (κ1) is 25.9.